The molecule has 112 valence electrons. The minimum Gasteiger partial charge on any atom is -0.352 e. The van der Waals surface area contributed by atoms with Crippen LogP contribution in [0.5, 0.6) is 0 Å². The summed E-state index contributed by atoms with van der Waals surface area (Å²) in [6, 6.07) is 2.20. The molecule has 1 aromatic rings. The van der Waals surface area contributed by atoms with E-state index in [-0.39, 0.29) is 11.5 Å². The van der Waals surface area contributed by atoms with Gasteiger partial charge in [0.15, 0.2) is 0 Å². The Morgan fingerprint density at radius 2 is 1.95 bits per heavy atom. The summed E-state index contributed by atoms with van der Waals surface area (Å²) in [5.41, 5.74) is -1.65. The van der Waals surface area contributed by atoms with Crippen molar-refractivity contribution in [1.82, 2.24) is 10.6 Å². The standard InChI is InChI=1S/C13H16F4N2O/c1-8(6-18-2)7-19-12(20)9-3-4-11(14)10(5-9)13(15,16)17/h3-5,8,18H,6-7H2,1-2H3,(H,19,20). The Bertz CT molecular complexity index is 474. The number of alkyl halides is 3. The molecule has 0 saturated carbocycles. The summed E-state index contributed by atoms with van der Waals surface area (Å²) in [5, 5.41) is 5.43. The lowest BCUT2D eigenvalue weighted by atomic mass is 10.1. The van der Waals surface area contributed by atoms with Crippen molar-refractivity contribution in [2.45, 2.75) is 13.1 Å². The molecule has 0 fully saturated rings. The van der Waals surface area contributed by atoms with Crippen molar-refractivity contribution >= 4 is 5.91 Å². The fourth-order valence-electron chi connectivity index (χ4n) is 1.67. The molecular weight excluding hydrogens is 276 g/mol. The van der Waals surface area contributed by atoms with Gasteiger partial charge in [0.05, 0.1) is 5.56 Å². The summed E-state index contributed by atoms with van der Waals surface area (Å²) in [7, 11) is 1.76. The zero-order valence-corrected chi connectivity index (χ0v) is 11.1. The molecule has 0 spiro atoms. The van der Waals surface area contributed by atoms with E-state index in [9.17, 15) is 22.4 Å². The third-order valence-corrected chi connectivity index (χ3v) is 2.70. The van der Waals surface area contributed by atoms with Crippen LogP contribution in [0.1, 0.15) is 22.8 Å². The molecule has 0 aromatic heterocycles. The second-order valence-electron chi connectivity index (χ2n) is 4.57. The van der Waals surface area contributed by atoms with Crippen molar-refractivity contribution in [3.63, 3.8) is 0 Å². The van der Waals surface area contributed by atoms with Gasteiger partial charge in [-0.2, -0.15) is 13.2 Å². The molecule has 0 heterocycles. The van der Waals surface area contributed by atoms with E-state index < -0.39 is 23.5 Å². The van der Waals surface area contributed by atoms with E-state index in [4.69, 9.17) is 0 Å². The largest absolute Gasteiger partial charge is 0.419 e. The van der Waals surface area contributed by atoms with E-state index in [1.165, 1.54) is 0 Å². The number of amides is 1. The molecule has 0 aliphatic heterocycles. The summed E-state index contributed by atoms with van der Waals surface area (Å²) < 4.78 is 50.7. The molecule has 1 unspecified atom stereocenters. The molecule has 1 aromatic carbocycles. The molecule has 0 bridgehead atoms. The monoisotopic (exact) mass is 292 g/mol. The second kappa shape index (κ2) is 6.69. The molecule has 7 heteroatoms. The summed E-state index contributed by atoms with van der Waals surface area (Å²) in [6.45, 7) is 2.86. The summed E-state index contributed by atoms with van der Waals surface area (Å²) in [6.07, 6.45) is -4.82. The molecule has 0 radical (unpaired) electrons. The summed E-state index contributed by atoms with van der Waals surface area (Å²) in [5.74, 6) is -1.91. The van der Waals surface area contributed by atoms with E-state index in [2.05, 4.69) is 10.6 Å². The van der Waals surface area contributed by atoms with Crippen LogP contribution in [0.2, 0.25) is 0 Å². The van der Waals surface area contributed by atoms with Crippen LogP contribution in [0.15, 0.2) is 18.2 Å². The Hall–Kier alpha value is -1.63. The molecule has 3 nitrogen and oxygen atoms in total. The fourth-order valence-corrected chi connectivity index (χ4v) is 1.67. The van der Waals surface area contributed by atoms with E-state index >= 15 is 0 Å². The number of rotatable bonds is 5. The van der Waals surface area contributed by atoms with Crippen molar-refractivity contribution in [2.75, 3.05) is 20.1 Å². The van der Waals surface area contributed by atoms with Crippen LogP contribution < -0.4 is 10.6 Å². The van der Waals surface area contributed by atoms with E-state index in [0.717, 1.165) is 6.07 Å². The quantitative estimate of drug-likeness (QED) is 0.818. The Morgan fingerprint density at radius 1 is 1.30 bits per heavy atom. The number of benzene rings is 1. The first-order valence-electron chi connectivity index (χ1n) is 6.05. The van der Waals surface area contributed by atoms with Crippen LogP contribution in [0.3, 0.4) is 0 Å². The van der Waals surface area contributed by atoms with Crippen LogP contribution in [0.25, 0.3) is 0 Å². The van der Waals surface area contributed by atoms with Crippen molar-refractivity contribution in [3.8, 4) is 0 Å². The lowest BCUT2D eigenvalue weighted by Gasteiger charge is -2.13. The molecule has 20 heavy (non-hydrogen) atoms. The van der Waals surface area contributed by atoms with E-state index in [1.54, 1.807) is 7.05 Å². The van der Waals surface area contributed by atoms with Gasteiger partial charge in [0.1, 0.15) is 5.82 Å². The van der Waals surface area contributed by atoms with Gasteiger partial charge in [-0.1, -0.05) is 6.92 Å². The highest BCUT2D eigenvalue weighted by Gasteiger charge is 2.34. The van der Waals surface area contributed by atoms with Crippen LogP contribution in [-0.2, 0) is 6.18 Å². The number of halogens is 4. The molecule has 0 saturated heterocycles. The Morgan fingerprint density at radius 3 is 2.50 bits per heavy atom. The van der Waals surface area contributed by atoms with Gasteiger partial charge in [0, 0.05) is 12.1 Å². The zero-order chi connectivity index (χ0) is 15.3. The highest BCUT2D eigenvalue weighted by atomic mass is 19.4. The molecule has 1 atom stereocenters. The van der Waals surface area contributed by atoms with Crippen LogP contribution >= 0.6 is 0 Å². The first kappa shape index (κ1) is 16.4. The SMILES string of the molecule is CNCC(C)CNC(=O)c1ccc(F)c(C(F)(F)F)c1. The summed E-state index contributed by atoms with van der Waals surface area (Å²) in [4.78, 5) is 11.7. The predicted octanol–water partition coefficient (Wildman–Crippen LogP) is 2.43. The van der Waals surface area contributed by atoms with E-state index in [1.807, 2.05) is 6.92 Å². The highest BCUT2D eigenvalue weighted by Crippen LogP contribution is 2.31. The lowest BCUT2D eigenvalue weighted by molar-refractivity contribution is -0.140. The highest BCUT2D eigenvalue weighted by molar-refractivity contribution is 5.94. The van der Waals surface area contributed by atoms with Gasteiger partial charge < -0.3 is 10.6 Å². The topological polar surface area (TPSA) is 41.1 Å². The van der Waals surface area contributed by atoms with Gasteiger partial charge in [-0.15, -0.1) is 0 Å². The van der Waals surface area contributed by atoms with Crippen molar-refractivity contribution in [1.29, 1.82) is 0 Å². The van der Waals surface area contributed by atoms with Gasteiger partial charge >= 0.3 is 6.18 Å². The zero-order valence-electron chi connectivity index (χ0n) is 11.1. The fraction of sp³-hybridized carbons (Fsp3) is 0.462. The third-order valence-electron chi connectivity index (χ3n) is 2.70. The number of hydrogen-bond acceptors (Lipinski definition) is 2. The van der Waals surface area contributed by atoms with Gasteiger partial charge in [0.2, 0.25) is 0 Å². The van der Waals surface area contributed by atoms with Gasteiger partial charge in [0.25, 0.3) is 5.91 Å². The van der Waals surface area contributed by atoms with Crippen LogP contribution in [-0.4, -0.2) is 26.0 Å². The number of carbonyl (C=O) groups excluding carboxylic acids is 1. The van der Waals surface area contributed by atoms with Gasteiger partial charge in [-0.05, 0) is 37.7 Å². The Kier molecular flexibility index (Phi) is 5.50. The van der Waals surface area contributed by atoms with Crippen LogP contribution in [0.4, 0.5) is 17.6 Å². The minimum atomic E-state index is -4.82. The number of hydrogen-bond donors (Lipinski definition) is 2. The maximum atomic E-state index is 13.1. The first-order chi connectivity index (χ1) is 9.25. The van der Waals surface area contributed by atoms with Gasteiger partial charge in [-0.3, -0.25) is 4.79 Å². The predicted molar refractivity (Wildman–Crippen MR) is 66.8 cm³/mol. The first-order valence-corrected chi connectivity index (χ1v) is 6.05. The van der Waals surface area contributed by atoms with Crippen molar-refractivity contribution in [3.05, 3.63) is 35.1 Å². The Labute approximate surface area is 114 Å². The third kappa shape index (κ3) is 4.48. The van der Waals surface area contributed by atoms with Gasteiger partial charge in [-0.25, -0.2) is 4.39 Å². The minimum absolute atomic E-state index is 0.131. The number of carbonyl (C=O) groups is 1. The molecule has 1 amide bonds. The Balaban J connectivity index is 2.79. The average molecular weight is 292 g/mol. The smallest absolute Gasteiger partial charge is 0.352 e. The molecule has 0 aliphatic rings. The molecule has 0 aliphatic carbocycles. The van der Waals surface area contributed by atoms with Crippen LogP contribution in [0, 0.1) is 11.7 Å². The normalized spacial score (nSPS) is 13.1. The van der Waals surface area contributed by atoms with Crippen molar-refractivity contribution < 1.29 is 22.4 Å². The van der Waals surface area contributed by atoms with Crippen molar-refractivity contribution in [2.24, 2.45) is 5.92 Å². The van der Waals surface area contributed by atoms with E-state index in [0.29, 0.717) is 25.2 Å². The maximum absolute atomic E-state index is 13.1. The average Bonchev–Trinajstić information content (AvgIpc) is 2.35. The molecule has 1 rings (SSSR count). The summed E-state index contributed by atoms with van der Waals surface area (Å²) >= 11 is 0. The number of nitrogens with one attached hydrogen (secondary N) is 2. The lowest BCUT2D eigenvalue weighted by Crippen LogP contribution is -2.32. The second-order valence-corrected chi connectivity index (χ2v) is 4.57. The molecule has 2 N–H and O–H groups in total. The maximum Gasteiger partial charge on any atom is 0.419 e. The molecular formula is C13H16F4N2O.